The number of likely N-dealkylation sites (tertiary alicyclic amines) is 1. The van der Waals surface area contributed by atoms with Crippen LogP contribution in [0.5, 0.6) is 5.75 Å². The van der Waals surface area contributed by atoms with Gasteiger partial charge in [-0.25, -0.2) is 0 Å². The molecule has 0 unspecified atom stereocenters. The molecule has 6 nitrogen and oxygen atoms in total. The number of pyridine rings is 1. The third-order valence-corrected chi connectivity index (χ3v) is 4.42. The van der Waals surface area contributed by atoms with E-state index in [4.69, 9.17) is 18.9 Å². The van der Waals surface area contributed by atoms with E-state index in [1.165, 1.54) is 0 Å². The molecule has 2 saturated heterocycles. The lowest BCUT2D eigenvalue weighted by molar-refractivity contribution is -0.0700. The monoisotopic (exact) mass is 334 g/mol. The Morgan fingerprint density at radius 3 is 2.96 bits per heavy atom. The summed E-state index contributed by atoms with van der Waals surface area (Å²) in [6.07, 6.45) is 2.38. The van der Waals surface area contributed by atoms with Crippen molar-refractivity contribution in [3.63, 3.8) is 0 Å². The number of hydrogen-bond acceptors (Lipinski definition) is 6. The van der Waals surface area contributed by atoms with Crippen molar-refractivity contribution in [2.24, 2.45) is 0 Å². The maximum absolute atomic E-state index is 6.02. The minimum Gasteiger partial charge on any atom is -0.497 e. The summed E-state index contributed by atoms with van der Waals surface area (Å²) >= 11 is 0. The van der Waals surface area contributed by atoms with Crippen molar-refractivity contribution in [3.05, 3.63) is 36.5 Å². The van der Waals surface area contributed by atoms with Crippen LogP contribution in [-0.4, -0.2) is 48.6 Å². The van der Waals surface area contributed by atoms with Crippen LogP contribution in [0.25, 0.3) is 0 Å². The molecule has 0 N–H and O–H groups in total. The van der Waals surface area contributed by atoms with E-state index in [2.05, 4.69) is 16.5 Å². The molecule has 6 heteroatoms. The molecule has 0 spiro atoms. The first-order chi connectivity index (χ1) is 11.3. The SMILES string of the molecule is C=C(OC(C)(C)C)N1CC[C@]2(c3cc(OC)ccn3)OCO[C@@H]2C1. The van der Waals surface area contributed by atoms with E-state index in [9.17, 15) is 0 Å². The van der Waals surface area contributed by atoms with Crippen LogP contribution in [0.2, 0.25) is 0 Å². The predicted octanol–water partition coefficient (Wildman–Crippen LogP) is 2.65. The Kier molecular flexibility index (Phi) is 4.44. The second-order valence-electron chi connectivity index (χ2n) is 7.19. The highest BCUT2D eigenvalue weighted by Crippen LogP contribution is 2.43. The van der Waals surface area contributed by atoms with Gasteiger partial charge in [-0.15, -0.1) is 0 Å². The van der Waals surface area contributed by atoms with Crippen LogP contribution < -0.4 is 4.74 Å². The van der Waals surface area contributed by atoms with Crippen LogP contribution in [0, 0.1) is 0 Å². The summed E-state index contributed by atoms with van der Waals surface area (Å²) in [5.41, 5.74) is 0.0476. The standard InChI is InChI=1S/C18H26N2O4/c1-13(24-17(2,3)4)20-9-7-18(16(11-20)22-12-23-18)15-10-14(21-5)6-8-19-15/h6,8,10,16H,1,7,9,11-12H2,2-5H3/t16-,18-/m1/s1. The second-order valence-corrected chi connectivity index (χ2v) is 7.19. The number of methoxy groups -OCH3 is 1. The third-order valence-electron chi connectivity index (χ3n) is 4.42. The second kappa shape index (κ2) is 6.26. The molecule has 3 rings (SSSR count). The summed E-state index contributed by atoms with van der Waals surface area (Å²) in [5.74, 6) is 1.44. The molecule has 0 amide bonds. The molecule has 1 aromatic rings. The fourth-order valence-corrected chi connectivity index (χ4v) is 3.26. The molecule has 2 fully saturated rings. The molecule has 0 radical (unpaired) electrons. The summed E-state index contributed by atoms with van der Waals surface area (Å²) < 4.78 is 23.1. The molecular weight excluding hydrogens is 308 g/mol. The molecule has 0 aliphatic carbocycles. The summed E-state index contributed by atoms with van der Waals surface area (Å²) in [4.78, 5) is 6.63. The Hall–Kier alpha value is -1.79. The van der Waals surface area contributed by atoms with Crippen LogP contribution in [0.4, 0.5) is 0 Å². The summed E-state index contributed by atoms with van der Waals surface area (Å²) in [6.45, 7) is 11.8. The maximum atomic E-state index is 6.02. The van der Waals surface area contributed by atoms with Crippen molar-refractivity contribution in [1.82, 2.24) is 9.88 Å². The largest absolute Gasteiger partial charge is 0.497 e. The van der Waals surface area contributed by atoms with Crippen molar-refractivity contribution in [1.29, 1.82) is 0 Å². The zero-order valence-electron chi connectivity index (χ0n) is 14.9. The Morgan fingerprint density at radius 1 is 1.46 bits per heavy atom. The Labute approximate surface area is 143 Å². The molecule has 2 aliphatic heterocycles. The first-order valence-electron chi connectivity index (χ1n) is 8.23. The van der Waals surface area contributed by atoms with Crippen molar-refractivity contribution in [2.45, 2.75) is 44.5 Å². The van der Waals surface area contributed by atoms with Gasteiger partial charge in [-0.1, -0.05) is 0 Å². The number of aromatic nitrogens is 1. The Bertz CT molecular complexity index is 613. The van der Waals surface area contributed by atoms with Gasteiger partial charge < -0.3 is 23.8 Å². The molecule has 132 valence electrons. The zero-order valence-corrected chi connectivity index (χ0v) is 14.9. The average Bonchev–Trinajstić information content (AvgIpc) is 2.97. The van der Waals surface area contributed by atoms with Crippen LogP contribution in [0.15, 0.2) is 30.8 Å². The number of nitrogens with zero attached hydrogens (tertiary/aromatic N) is 2. The Balaban J connectivity index is 1.79. The lowest BCUT2D eigenvalue weighted by Gasteiger charge is -2.43. The summed E-state index contributed by atoms with van der Waals surface area (Å²) in [5, 5.41) is 0. The fraction of sp³-hybridized carbons (Fsp3) is 0.611. The summed E-state index contributed by atoms with van der Waals surface area (Å²) in [6, 6.07) is 3.76. The van der Waals surface area contributed by atoms with Gasteiger partial charge in [-0.2, -0.15) is 0 Å². The molecule has 3 heterocycles. The molecule has 24 heavy (non-hydrogen) atoms. The summed E-state index contributed by atoms with van der Waals surface area (Å²) in [7, 11) is 1.65. The van der Waals surface area contributed by atoms with Crippen LogP contribution in [0.3, 0.4) is 0 Å². The number of hydrogen-bond donors (Lipinski definition) is 0. The van der Waals surface area contributed by atoms with Gasteiger partial charge in [0, 0.05) is 25.2 Å². The van der Waals surface area contributed by atoms with Crippen molar-refractivity contribution >= 4 is 0 Å². The van der Waals surface area contributed by atoms with Gasteiger partial charge in [-0.3, -0.25) is 4.98 Å². The maximum Gasteiger partial charge on any atom is 0.182 e. The predicted molar refractivity (Wildman–Crippen MR) is 89.5 cm³/mol. The van der Waals surface area contributed by atoms with E-state index in [1.54, 1.807) is 13.3 Å². The van der Waals surface area contributed by atoms with Gasteiger partial charge in [-0.05, 0) is 33.4 Å². The van der Waals surface area contributed by atoms with Gasteiger partial charge in [0.2, 0.25) is 0 Å². The molecule has 2 aliphatic rings. The van der Waals surface area contributed by atoms with Gasteiger partial charge in [0.25, 0.3) is 0 Å². The zero-order chi connectivity index (χ0) is 17.4. The van der Waals surface area contributed by atoms with E-state index in [0.29, 0.717) is 12.4 Å². The topological polar surface area (TPSA) is 53.1 Å². The van der Waals surface area contributed by atoms with Crippen LogP contribution >= 0.6 is 0 Å². The molecule has 0 saturated carbocycles. The molecular formula is C18H26N2O4. The van der Waals surface area contributed by atoms with Gasteiger partial charge in [0.1, 0.15) is 29.8 Å². The third kappa shape index (κ3) is 3.21. The van der Waals surface area contributed by atoms with Gasteiger partial charge in [0.15, 0.2) is 5.88 Å². The fourth-order valence-electron chi connectivity index (χ4n) is 3.26. The van der Waals surface area contributed by atoms with E-state index in [-0.39, 0.29) is 18.5 Å². The number of rotatable bonds is 4. The first-order valence-corrected chi connectivity index (χ1v) is 8.23. The molecule has 1 aromatic heterocycles. The van der Waals surface area contributed by atoms with E-state index < -0.39 is 5.60 Å². The van der Waals surface area contributed by atoms with E-state index in [0.717, 1.165) is 24.4 Å². The average molecular weight is 334 g/mol. The van der Waals surface area contributed by atoms with E-state index >= 15 is 0 Å². The van der Waals surface area contributed by atoms with Crippen LogP contribution in [0.1, 0.15) is 32.9 Å². The van der Waals surface area contributed by atoms with Crippen molar-refractivity contribution in [2.75, 3.05) is 27.0 Å². The highest BCUT2D eigenvalue weighted by Gasteiger charge is 2.52. The minimum atomic E-state index is -0.535. The van der Waals surface area contributed by atoms with Gasteiger partial charge in [0.05, 0.1) is 19.3 Å². The first kappa shape index (κ1) is 17.0. The number of ether oxygens (including phenoxy) is 4. The highest BCUT2D eigenvalue weighted by molar-refractivity contribution is 5.28. The van der Waals surface area contributed by atoms with Gasteiger partial charge >= 0.3 is 0 Å². The number of piperidine rings is 1. The quantitative estimate of drug-likeness (QED) is 0.789. The lowest BCUT2D eigenvalue weighted by atomic mass is 9.85. The number of fused-ring (bicyclic) bond motifs is 1. The molecule has 0 aromatic carbocycles. The molecule has 2 atom stereocenters. The van der Waals surface area contributed by atoms with Crippen molar-refractivity contribution < 1.29 is 18.9 Å². The van der Waals surface area contributed by atoms with E-state index in [1.807, 2.05) is 32.9 Å². The van der Waals surface area contributed by atoms with Crippen molar-refractivity contribution in [3.8, 4) is 5.75 Å². The smallest absolute Gasteiger partial charge is 0.182 e. The highest BCUT2D eigenvalue weighted by atomic mass is 16.7. The lowest BCUT2D eigenvalue weighted by Crippen LogP contribution is -2.52. The normalized spacial score (nSPS) is 26.8. The minimum absolute atomic E-state index is 0.119. The molecule has 0 bridgehead atoms. The Morgan fingerprint density at radius 2 is 2.25 bits per heavy atom. The van der Waals surface area contributed by atoms with Crippen LogP contribution in [-0.2, 0) is 19.8 Å².